The van der Waals surface area contributed by atoms with Gasteiger partial charge in [-0.3, -0.25) is 4.79 Å². The summed E-state index contributed by atoms with van der Waals surface area (Å²) in [7, 11) is 0. The number of allylic oxidation sites excluding steroid dienone is 2. The van der Waals surface area contributed by atoms with Crippen molar-refractivity contribution in [3.8, 4) is 5.75 Å². The summed E-state index contributed by atoms with van der Waals surface area (Å²) in [6.07, 6.45) is 17.8. The fraction of sp³-hybridized carbons (Fsp3) is 0.667. The molecule has 4 rings (SSSR count). The van der Waals surface area contributed by atoms with Crippen LogP contribution < -0.4 is 4.74 Å². The lowest BCUT2D eigenvalue weighted by Crippen LogP contribution is -2.43. The summed E-state index contributed by atoms with van der Waals surface area (Å²) in [4.78, 5) is 27.4. The van der Waals surface area contributed by atoms with E-state index in [1.165, 1.54) is 32.1 Å². The Bertz CT molecular complexity index is 1250. The highest BCUT2D eigenvalue weighted by molar-refractivity contribution is 6.05. The van der Waals surface area contributed by atoms with Crippen LogP contribution in [0.25, 0.3) is 0 Å². The van der Waals surface area contributed by atoms with E-state index >= 15 is 0 Å². The second-order valence-electron chi connectivity index (χ2n) is 14.0. The number of carbonyl (C=O) groups is 1. The topological polar surface area (TPSA) is 66.7 Å². The number of morpholine rings is 1. The SMILES string of the molecule is CCCCCCC(C)CC1=CN(C2=NC(=Nc3cc(C)c(OCC(=O)N4CCOCC4)c(C)c3)C(CC)CC=C2)CCC(C)C1C. The number of carbonyl (C=O) groups excluding carboxylic acids is 1. The second-order valence-corrected chi connectivity index (χ2v) is 14.0. The van der Waals surface area contributed by atoms with Gasteiger partial charge in [0.2, 0.25) is 0 Å². The van der Waals surface area contributed by atoms with E-state index in [4.69, 9.17) is 19.5 Å². The molecule has 1 aromatic rings. The Hall–Kier alpha value is -2.93. The number of ether oxygens (including phenoxy) is 2. The second kappa shape index (κ2) is 17.8. The molecule has 1 amide bonds. The van der Waals surface area contributed by atoms with Gasteiger partial charge in [-0.1, -0.05) is 78.4 Å². The molecule has 1 fully saturated rings. The number of amidine groups is 2. The van der Waals surface area contributed by atoms with Crippen LogP contribution in [0, 0.1) is 37.5 Å². The van der Waals surface area contributed by atoms with Crippen molar-refractivity contribution < 1.29 is 14.3 Å². The minimum atomic E-state index is 0.000896. The maximum absolute atomic E-state index is 12.7. The van der Waals surface area contributed by atoms with Crippen LogP contribution >= 0.6 is 0 Å². The van der Waals surface area contributed by atoms with E-state index in [1.54, 1.807) is 5.57 Å². The molecule has 0 aromatic heterocycles. The van der Waals surface area contributed by atoms with Gasteiger partial charge in [-0.05, 0) is 86.6 Å². The van der Waals surface area contributed by atoms with E-state index in [2.05, 4.69) is 70.0 Å². The molecular formula is C39H60N4O3. The number of aliphatic imine (C=N–C) groups is 2. The van der Waals surface area contributed by atoms with Gasteiger partial charge in [0.1, 0.15) is 17.4 Å². The van der Waals surface area contributed by atoms with E-state index in [9.17, 15) is 4.79 Å². The minimum absolute atomic E-state index is 0.000896. The molecular weight excluding hydrogens is 572 g/mol. The van der Waals surface area contributed by atoms with Gasteiger partial charge in [0.05, 0.1) is 18.9 Å². The first-order chi connectivity index (χ1) is 22.2. The number of rotatable bonds is 12. The van der Waals surface area contributed by atoms with Crippen molar-refractivity contribution in [3.05, 3.63) is 47.2 Å². The Morgan fingerprint density at radius 1 is 1.09 bits per heavy atom. The predicted octanol–water partition coefficient (Wildman–Crippen LogP) is 8.81. The predicted molar refractivity (Wildman–Crippen MR) is 191 cm³/mol. The van der Waals surface area contributed by atoms with Crippen LogP contribution in [0.3, 0.4) is 0 Å². The smallest absolute Gasteiger partial charge is 0.260 e. The van der Waals surface area contributed by atoms with E-state index in [0.29, 0.717) is 44.1 Å². The largest absolute Gasteiger partial charge is 0.483 e. The lowest BCUT2D eigenvalue weighted by Gasteiger charge is -2.27. The van der Waals surface area contributed by atoms with Crippen molar-refractivity contribution in [3.63, 3.8) is 0 Å². The number of hydrogen-bond acceptors (Lipinski definition) is 5. The van der Waals surface area contributed by atoms with Crippen molar-refractivity contribution in [2.45, 2.75) is 106 Å². The molecule has 0 N–H and O–H groups in total. The van der Waals surface area contributed by atoms with E-state index in [-0.39, 0.29) is 18.4 Å². The minimum Gasteiger partial charge on any atom is -0.483 e. The highest BCUT2D eigenvalue weighted by Crippen LogP contribution is 2.34. The first-order valence-corrected chi connectivity index (χ1v) is 18.1. The zero-order valence-corrected chi connectivity index (χ0v) is 29.8. The Balaban J connectivity index is 1.54. The molecule has 0 spiro atoms. The molecule has 3 heterocycles. The lowest BCUT2D eigenvalue weighted by molar-refractivity contribution is -0.137. The number of benzene rings is 1. The number of nitrogens with zero attached hydrogens (tertiary/aromatic N) is 4. The fourth-order valence-electron chi connectivity index (χ4n) is 6.89. The first-order valence-electron chi connectivity index (χ1n) is 18.1. The van der Waals surface area contributed by atoms with E-state index < -0.39 is 0 Å². The standard InChI is InChI=1S/C39H60N4O3/c1-8-10-11-12-14-28(3)23-34-26-43(18-17-29(4)32(34)7)36-16-13-15-33(9-2)39(41-36)40-35-24-30(5)38(31(6)25-35)46-27-37(44)42-19-21-45-22-20-42/h13,16,24-26,28-29,32-33H,8-12,14-15,17-23,27H2,1-7H3. The molecule has 4 unspecified atom stereocenters. The molecule has 0 saturated carbocycles. The van der Waals surface area contributed by atoms with Crippen LogP contribution in [0.15, 0.2) is 46.0 Å². The van der Waals surface area contributed by atoms with Gasteiger partial charge in [0.15, 0.2) is 6.61 Å². The van der Waals surface area contributed by atoms with Crippen LogP contribution in [-0.4, -0.2) is 66.8 Å². The van der Waals surface area contributed by atoms with Crippen LogP contribution in [0.5, 0.6) is 5.75 Å². The molecule has 7 heteroatoms. The van der Waals surface area contributed by atoms with Gasteiger partial charge in [-0.15, -0.1) is 0 Å². The molecule has 1 aromatic carbocycles. The summed E-state index contributed by atoms with van der Waals surface area (Å²) in [5.74, 6) is 4.82. The summed E-state index contributed by atoms with van der Waals surface area (Å²) in [5.41, 5.74) is 4.40. The highest BCUT2D eigenvalue weighted by Gasteiger charge is 2.26. The Morgan fingerprint density at radius 2 is 1.83 bits per heavy atom. The number of unbranched alkanes of at least 4 members (excludes halogenated alkanes) is 3. The molecule has 0 radical (unpaired) electrons. The summed E-state index contributed by atoms with van der Waals surface area (Å²) in [6, 6.07) is 4.12. The van der Waals surface area contributed by atoms with Gasteiger partial charge in [0.25, 0.3) is 5.91 Å². The number of amides is 1. The highest BCUT2D eigenvalue weighted by atomic mass is 16.5. The van der Waals surface area contributed by atoms with Crippen LogP contribution in [0.4, 0.5) is 5.69 Å². The molecule has 4 atom stereocenters. The van der Waals surface area contributed by atoms with E-state index in [1.807, 2.05) is 18.7 Å². The average molecular weight is 633 g/mol. The zero-order chi connectivity index (χ0) is 33.1. The summed E-state index contributed by atoms with van der Waals surface area (Å²) >= 11 is 0. The summed E-state index contributed by atoms with van der Waals surface area (Å²) in [6.45, 7) is 19.3. The number of hydrogen-bond donors (Lipinski definition) is 0. The summed E-state index contributed by atoms with van der Waals surface area (Å²) in [5, 5.41) is 0. The first kappa shape index (κ1) is 35.9. The molecule has 46 heavy (non-hydrogen) atoms. The van der Waals surface area contributed by atoms with Gasteiger partial charge in [-0.2, -0.15) is 0 Å². The third-order valence-corrected chi connectivity index (χ3v) is 10.2. The van der Waals surface area contributed by atoms with Crippen LogP contribution in [0.1, 0.15) is 104 Å². The molecule has 3 aliphatic heterocycles. The lowest BCUT2D eigenvalue weighted by atomic mass is 9.83. The third-order valence-electron chi connectivity index (χ3n) is 10.2. The monoisotopic (exact) mass is 632 g/mol. The van der Waals surface area contributed by atoms with E-state index in [0.717, 1.165) is 66.5 Å². The van der Waals surface area contributed by atoms with Gasteiger partial charge in [-0.25, -0.2) is 9.98 Å². The quantitative estimate of drug-likeness (QED) is 0.216. The van der Waals surface area contributed by atoms with Crippen LogP contribution in [-0.2, 0) is 9.53 Å². The van der Waals surface area contributed by atoms with Crippen molar-refractivity contribution in [1.29, 1.82) is 0 Å². The van der Waals surface area contributed by atoms with Crippen molar-refractivity contribution >= 4 is 23.3 Å². The van der Waals surface area contributed by atoms with Crippen LogP contribution in [0.2, 0.25) is 0 Å². The molecule has 0 aliphatic carbocycles. The Kier molecular flexibility index (Phi) is 13.9. The average Bonchev–Trinajstić information content (AvgIpc) is 3.33. The Morgan fingerprint density at radius 3 is 2.52 bits per heavy atom. The van der Waals surface area contributed by atoms with Crippen molar-refractivity contribution in [2.24, 2.45) is 33.7 Å². The third kappa shape index (κ3) is 10.0. The normalized spacial score (nSPS) is 23.9. The Labute approximate surface area is 279 Å². The maximum atomic E-state index is 12.7. The van der Waals surface area contributed by atoms with Gasteiger partial charge < -0.3 is 19.3 Å². The molecule has 1 saturated heterocycles. The fourth-order valence-corrected chi connectivity index (χ4v) is 6.89. The van der Waals surface area contributed by atoms with Gasteiger partial charge >= 0.3 is 0 Å². The molecule has 254 valence electrons. The summed E-state index contributed by atoms with van der Waals surface area (Å²) < 4.78 is 11.4. The van der Waals surface area contributed by atoms with Crippen molar-refractivity contribution in [1.82, 2.24) is 9.80 Å². The number of aryl methyl sites for hydroxylation is 2. The molecule has 0 bridgehead atoms. The zero-order valence-electron chi connectivity index (χ0n) is 29.8. The molecule has 3 aliphatic rings. The molecule has 7 nitrogen and oxygen atoms in total. The van der Waals surface area contributed by atoms with Gasteiger partial charge in [0, 0.05) is 31.8 Å². The maximum Gasteiger partial charge on any atom is 0.260 e. The van der Waals surface area contributed by atoms with Crippen molar-refractivity contribution in [2.75, 3.05) is 39.5 Å².